The molecule has 0 radical (unpaired) electrons. The molecular formula is C38H54N10O13S4. The number of carboxylic acid groups (broad SMARTS) is 4. The summed E-state index contributed by atoms with van der Waals surface area (Å²) in [6.07, 6.45) is 8.56. The van der Waals surface area contributed by atoms with Gasteiger partial charge in [-0.25, -0.2) is 9.97 Å². The summed E-state index contributed by atoms with van der Waals surface area (Å²) in [6, 6.07) is -5.23. The Morgan fingerprint density at radius 2 is 1.15 bits per heavy atom. The van der Waals surface area contributed by atoms with E-state index in [2.05, 4.69) is 41.2 Å². The average Bonchev–Trinajstić information content (AvgIpc) is 3.28. The zero-order valence-corrected chi connectivity index (χ0v) is 38.6. The number of carboxylic acids is 4. The second kappa shape index (κ2) is 27.7. The van der Waals surface area contributed by atoms with E-state index in [0.29, 0.717) is 40.7 Å². The van der Waals surface area contributed by atoms with E-state index in [-0.39, 0.29) is 43.0 Å². The van der Waals surface area contributed by atoms with Crippen molar-refractivity contribution in [2.75, 3.05) is 37.1 Å². The fraction of sp³-hybridized carbons (Fsp3) is 0.579. The van der Waals surface area contributed by atoms with Crippen LogP contribution in [0.2, 0.25) is 0 Å². The molecule has 0 bridgehead atoms. The Morgan fingerprint density at radius 3 is 1.58 bits per heavy atom. The third-order valence-corrected chi connectivity index (χ3v) is 14.1. The van der Waals surface area contributed by atoms with Gasteiger partial charge in [-0.05, 0) is 44.6 Å². The normalized spacial score (nSPS) is 18.2. The average molecular weight is 987 g/mol. The molecule has 1 fully saturated rings. The summed E-state index contributed by atoms with van der Waals surface area (Å²) in [5.74, 6) is -9.76. The van der Waals surface area contributed by atoms with E-state index in [1.54, 1.807) is 12.5 Å². The predicted octanol–water partition coefficient (Wildman–Crippen LogP) is -0.508. The molecule has 13 N–H and O–H groups in total. The van der Waals surface area contributed by atoms with Crippen LogP contribution < -0.4 is 32.7 Å². The summed E-state index contributed by atoms with van der Waals surface area (Å²) in [4.78, 5) is 118. The molecule has 9 atom stereocenters. The van der Waals surface area contributed by atoms with E-state index in [4.69, 9.17) is 16.6 Å². The minimum Gasteiger partial charge on any atom is -0.480 e. The summed E-state index contributed by atoms with van der Waals surface area (Å²) >= 11 is 4.91. The Balaban J connectivity index is 2.01. The molecule has 0 saturated heterocycles. The van der Waals surface area contributed by atoms with Gasteiger partial charge in [-0.15, -0.1) is 47.0 Å². The molecule has 0 aliphatic heterocycles. The lowest BCUT2D eigenvalue weighted by Gasteiger charge is -2.36. The standard InChI is InChI=1S/C38H54N10O13S4/c1-62-28-12-41-22(10-43-28)33(64-16-24(35(56)45-14-30(51)52)47-26(49)8-6-20(39)37(58)59)18-4-3-5-19(32(18)55)34(23-11-44-29(63-2)13-42-23)65-17-25(36(57)46-15-31(53)54)48-27(50)9-7-21(40)38(60)61/h10-13,18-21,24-26,33-34,47,49H,3-9,14-17,39-40H2,1-2H3,(H,45,56)(H,46,57)(H,48,50)(H,51,52)(H,53,54)(H,58,59)(H,60,61)/t18?,19?,20-,21+,24+,25+,26?,33?,34?/m1/s1. The first kappa shape index (κ1) is 54.7. The van der Waals surface area contributed by atoms with Crippen LogP contribution in [0.5, 0.6) is 0 Å². The number of aromatic nitrogens is 4. The van der Waals surface area contributed by atoms with Gasteiger partial charge >= 0.3 is 23.9 Å². The summed E-state index contributed by atoms with van der Waals surface area (Å²) in [7, 11) is 0. The zero-order chi connectivity index (χ0) is 48.2. The number of ketones is 1. The smallest absolute Gasteiger partial charge is 0.322 e. The maximum absolute atomic E-state index is 15.0. The minimum atomic E-state index is -1.43. The fourth-order valence-electron chi connectivity index (χ4n) is 6.50. The lowest BCUT2D eigenvalue weighted by atomic mass is 9.76. The number of rotatable bonds is 29. The number of nitrogens with two attached hydrogens (primary N) is 2. The van der Waals surface area contributed by atoms with Gasteiger partial charge in [-0.3, -0.25) is 53.6 Å². The molecule has 65 heavy (non-hydrogen) atoms. The van der Waals surface area contributed by atoms with Crippen molar-refractivity contribution in [2.24, 2.45) is 23.3 Å². The molecule has 3 amide bonds. The van der Waals surface area contributed by atoms with E-state index < -0.39 is 107 Å². The number of thioether (sulfide) groups is 4. The Labute approximate surface area is 390 Å². The Bertz CT molecular complexity index is 1960. The quantitative estimate of drug-likeness (QED) is 0.0361. The SMILES string of the molecule is CSc1cnc(C(SC[C@H](NC(=O)CC[C@H](N)C(=O)O)C(=O)NCC(=O)O)C2CCCC(C(SC[C@H](NC(O)CC[C@@H](N)C(=O)O)C(=O)NCC(=O)O)c3cnc(SC)cn3)C2=O)cn1. The Hall–Kier alpha value is -4.64. The van der Waals surface area contributed by atoms with Crippen LogP contribution in [0.25, 0.3) is 0 Å². The van der Waals surface area contributed by atoms with Gasteiger partial charge in [-0.2, -0.15) is 0 Å². The van der Waals surface area contributed by atoms with Crippen LogP contribution in [-0.4, -0.2) is 160 Å². The number of hydrogen-bond acceptors (Lipinski definition) is 20. The summed E-state index contributed by atoms with van der Waals surface area (Å²) < 4.78 is 0. The number of Topliss-reactive ketones (excluding diaryl/α,β-unsaturated/α-hetero) is 1. The molecule has 27 heteroatoms. The minimum absolute atomic E-state index is 0.136. The van der Waals surface area contributed by atoms with Crippen molar-refractivity contribution in [2.45, 2.75) is 95.9 Å². The summed E-state index contributed by atoms with van der Waals surface area (Å²) in [6.45, 7) is -1.50. The number of aliphatic hydroxyl groups excluding tert-OH is 1. The van der Waals surface area contributed by atoms with E-state index in [9.17, 15) is 54.0 Å². The van der Waals surface area contributed by atoms with Crippen LogP contribution in [0.3, 0.4) is 0 Å². The maximum atomic E-state index is 15.0. The highest BCUT2D eigenvalue weighted by atomic mass is 32.2. The van der Waals surface area contributed by atoms with Crippen LogP contribution in [0.4, 0.5) is 0 Å². The van der Waals surface area contributed by atoms with Crippen LogP contribution >= 0.6 is 47.0 Å². The maximum Gasteiger partial charge on any atom is 0.322 e. The molecule has 1 saturated carbocycles. The highest BCUT2D eigenvalue weighted by molar-refractivity contribution is 8.00. The first-order valence-corrected chi connectivity index (χ1v) is 24.6. The predicted molar refractivity (Wildman–Crippen MR) is 240 cm³/mol. The topological polar surface area (TPSA) is 389 Å². The number of carbonyl (C=O) groups excluding carboxylic acids is 4. The lowest BCUT2D eigenvalue weighted by Crippen LogP contribution is -2.51. The molecule has 5 unspecified atom stereocenters. The van der Waals surface area contributed by atoms with Crippen LogP contribution in [-0.2, 0) is 38.4 Å². The Morgan fingerprint density at radius 1 is 0.692 bits per heavy atom. The largest absolute Gasteiger partial charge is 0.480 e. The zero-order valence-electron chi connectivity index (χ0n) is 35.4. The van der Waals surface area contributed by atoms with Gasteiger partial charge in [0.1, 0.15) is 53.3 Å². The molecule has 2 aromatic rings. The van der Waals surface area contributed by atoms with Crippen molar-refractivity contribution in [1.29, 1.82) is 0 Å². The van der Waals surface area contributed by atoms with Gasteiger partial charge in [0, 0.05) is 29.8 Å². The summed E-state index contributed by atoms with van der Waals surface area (Å²) in [5, 5.41) is 57.0. The van der Waals surface area contributed by atoms with Gasteiger partial charge in [0.25, 0.3) is 0 Å². The number of hydrogen-bond donors (Lipinski definition) is 11. The first-order chi connectivity index (χ1) is 30.8. The number of aliphatic carboxylic acids is 4. The van der Waals surface area contributed by atoms with Crippen molar-refractivity contribution >= 4 is 94.4 Å². The highest BCUT2D eigenvalue weighted by Crippen LogP contribution is 2.48. The number of nitrogens with one attached hydrogen (secondary N) is 4. The van der Waals surface area contributed by atoms with E-state index in [1.807, 2.05) is 0 Å². The van der Waals surface area contributed by atoms with Gasteiger partial charge in [0.05, 0.1) is 52.7 Å². The van der Waals surface area contributed by atoms with Crippen molar-refractivity contribution in [3.8, 4) is 0 Å². The molecule has 2 aromatic heterocycles. The summed E-state index contributed by atoms with van der Waals surface area (Å²) in [5.41, 5.74) is 11.9. The molecular weight excluding hydrogens is 933 g/mol. The van der Waals surface area contributed by atoms with Gasteiger partial charge in [-0.1, -0.05) is 6.42 Å². The fourth-order valence-corrected chi connectivity index (χ4v) is 10.0. The van der Waals surface area contributed by atoms with Crippen molar-refractivity contribution < 1.29 is 63.9 Å². The Kier molecular flexibility index (Phi) is 23.3. The molecule has 2 heterocycles. The van der Waals surface area contributed by atoms with Crippen molar-refractivity contribution in [3.05, 3.63) is 36.2 Å². The van der Waals surface area contributed by atoms with Crippen LogP contribution in [0.1, 0.15) is 66.8 Å². The number of nitrogens with zero attached hydrogens (tertiary/aromatic N) is 4. The molecule has 0 aromatic carbocycles. The van der Waals surface area contributed by atoms with Gasteiger partial charge in [0.2, 0.25) is 17.7 Å². The van der Waals surface area contributed by atoms with E-state index in [1.165, 1.54) is 48.3 Å². The van der Waals surface area contributed by atoms with Crippen LogP contribution in [0, 0.1) is 11.8 Å². The van der Waals surface area contributed by atoms with Gasteiger partial charge < -0.3 is 53.0 Å². The molecule has 23 nitrogen and oxygen atoms in total. The number of amides is 3. The van der Waals surface area contributed by atoms with E-state index in [0.717, 1.165) is 23.5 Å². The first-order valence-electron chi connectivity index (χ1n) is 20.0. The second-order valence-electron chi connectivity index (χ2n) is 14.6. The number of aliphatic hydroxyl groups is 1. The van der Waals surface area contributed by atoms with E-state index >= 15 is 4.79 Å². The highest BCUT2D eigenvalue weighted by Gasteiger charge is 2.43. The molecule has 358 valence electrons. The third kappa shape index (κ3) is 18.3. The lowest BCUT2D eigenvalue weighted by molar-refractivity contribution is -0.140. The molecule has 3 rings (SSSR count). The number of carbonyl (C=O) groups is 8. The third-order valence-electron chi connectivity index (χ3n) is 9.93. The second-order valence-corrected chi connectivity index (χ2v) is 18.6. The van der Waals surface area contributed by atoms with Crippen molar-refractivity contribution in [3.63, 3.8) is 0 Å². The van der Waals surface area contributed by atoms with Crippen molar-refractivity contribution in [1.82, 2.24) is 41.2 Å². The monoisotopic (exact) mass is 986 g/mol. The van der Waals surface area contributed by atoms with Crippen LogP contribution in [0.15, 0.2) is 34.8 Å². The molecule has 1 aliphatic carbocycles. The molecule has 0 spiro atoms. The van der Waals surface area contributed by atoms with Gasteiger partial charge in [0.15, 0.2) is 0 Å². The molecule has 1 aliphatic rings.